The van der Waals surface area contributed by atoms with Crippen molar-refractivity contribution < 1.29 is 43.1 Å². The molecule has 0 fully saturated rings. The van der Waals surface area contributed by atoms with Crippen molar-refractivity contribution in [2.45, 2.75) is 89.9 Å². The van der Waals surface area contributed by atoms with Crippen molar-refractivity contribution >= 4 is 71.5 Å². The van der Waals surface area contributed by atoms with Crippen molar-refractivity contribution in [3.63, 3.8) is 0 Å². The molecular weight excluding hydrogens is 853 g/mol. The number of allylic oxidation sites excluding steroid dienone is 1. The fraction of sp³-hybridized carbons (Fsp3) is 0.429. The summed E-state index contributed by atoms with van der Waals surface area (Å²) in [5.41, 5.74) is 3.01. The summed E-state index contributed by atoms with van der Waals surface area (Å²) < 4.78 is 4.85. The number of esters is 1. The molecule has 3 aromatic carbocycles. The Labute approximate surface area is 386 Å². The highest BCUT2D eigenvalue weighted by molar-refractivity contribution is 7.98. The van der Waals surface area contributed by atoms with E-state index in [2.05, 4.69) is 21.3 Å². The van der Waals surface area contributed by atoms with Gasteiger partial charge in [0.15, 0.2) is 17.3 Å². The number of thioether (sulfide) groups is 2. The molecule has 0 aliphatic heterocycles. The zero-order valence-electron chi connectivity index (χ0n) is 37.7. The summed E-state index contributed by atoms with van der Waals surface area (Å²) in [6.07, 6.45) is 8.44. The van der Waals surface area contributed by atoms with Crippen LogP contribution < -0.4 is 21.3 Å². The zero-order valence-corrected chi connectivity index (χ0v) is 39.3. The van der Waals surface area contributed by atoms with Crippen LogP contribution in [0.1, 0.15) is 63.1 Å². The van der Waals surface area contributed by atoms with Gasteiger partial charge in [0, 0.05) is 30.8 Å². The maximum atomic E-state index is 13.3. The molecule has 0 saturated carbocycles. The molecule has 3 rings (SSSR count). The van der Waals surface area contributed by atoms with Crippen LogP contribution in [0.5, 0.6) is 0 Å². The highest BCUT2D eigenvalue weighted by atomic mass is 32.2. The number of methoxy groups -OCH3 is 1. The molecule has 0 aliphatic rings. The minimum absolute atomic E-state index is 0.0166. The van der Waals surface area contributed by atoms with E-state index in [1.807, 2.05) is 117 Å². The van der Waals surface area contributed by atoms with Crippen LogP contribution in [-0.4, -0.2) is 103 Å². The van der Waals surface area contributed by atoms with Gasteiger partial charge in [-0.2, -0.15) is 23.5 Å². The number of hydrogen-bond acceptors (Lipinski definition) is 11. The minimum atomic E-state index is -0.883. The minimum Gasteiger partial charge on any atom is -0.467 e. The molecule has 346 valence electrons. The molecule has 13 nitrogen and oxygen atoms in total. The van der Waals surface area contributed by atoms with Crippen molar-refractivity contribution in [3.05, 3.63) is 119 Å². The van der Waals surface area contributed by atoms with E-state index in [9.17, 15) is 38.4 Å². The van der Waals surface area contributed by atoms with E-state index in [-0.39, 0.29) is 54.0 Å². The summed E-state index contributed by atoms with van der Waals surface area (Å²) in [7, 11) is 1.27. The third-order valence-electron chi connectivity index (χ3n) is 10.0. The van der Waals surface area contributed by atoms with Crippen LogP contribution in [0.25, 0.3) is 0 Å². The van der Waals surface area contributed by atoms with Crippen LogP contribution in [0, 0.1) is 11.8 Å². The Kier molecular flexibility index (Phi) is 26.7. The first-order valence-corrected chi connectivity index (χ1v) is 24.0. The molecule has 0 spiro atoms. The molecule has 0 unspecified atom stereocenters. The van der Waals surface area contributed by atoms with Crippen LogP contribution in [0.4, 0.5) is 0 Å². The van der Waals surface area contributed by atoms with Gasteiger partial charge in [-0.1, -0.05) is 111 Å². The molecule has 0 aliphatic carbocycles. The Balaban J connectivity index is 0.000000441. The number of rotatable bonds is 29. The van der Waals surface area contributed by atoms with E-state index < -0.39 is 42.0 Å². The molecule has 0 bridgehead atoms. The van der Waals surface area contributed by atoms with Gasteiger partial charge in [0.05, 0.1) is 25.2 Å². The van der Waals surface area contributed by atoms with E-state index in [1.54, 1.807) is 29.6 Å². The Morgan fingerprint density at radius 1 is 0.625 bits per heavy atom. The number of ketones is 3. The van der Waals surface area contributed by atoms with E-state index >= 15 is 0 Å². The summed E-state index contributed by atoms with van der Waals surface area (Å²) in [4.78, 5) is 98.4. The molecule has 3 aromatic rings. The third kappa shape index (κ3) is 21.2. The van der Waals surface area contributed by atoms with Gasteiger partial charge in [-0.3, -0.25) is 33.6 Å². The van der Waals surface area contributed by atoms with Gasteiger partial charge in [-0.25, -0.2) is 4.79 Å². The summed E-state index contributed by atoms with van der Waals surface area (Å²) in [5, 5.41) is 10.7. The van der Waals surface area contributed by atoms with E-state index in [0.29, 0.717) is 44.3 Å². The molecule has 0 aromatic heterocycles. The quantitative estimate of drug-likeness (QED) is 0.0402. The van der Waals surface area contributed by atoms with Crippen molar-refractivity contribution in [2.24, 2.45) is 11.8 Å². The number of ether oxygens (including phenoxy) is 1. The Hall–Kier alpha value is -5.54. The lowest BCUT2D eigenvalue weighted by Crippen LogP contribution is -2.46. The van der Waals surface area contributed by atoms with Gasteiger partial charge in [-0.05, 0) is 79.2 Å². The zero-order chi connectivity index (χ0) is 47.3. The first-order valence-electron chi connectivity index (χ1n) is 21.2. The van der Waals surface area contributed by atoms with Crippen molar-refractivity contribution in [1.82, 2.24) is 21.3 Å². The maximum Gasteiger partial charge on any atom is 0.328 e. The van der Waals surface area contributed by atoms with Crippen LogP contribution in [0.3, 0.4) is 0 Å². The van der Waals surface area contributed by atoms with Crippen molar-refractivity contribution in [1.29, 1.82) is 0 Å². The van der Waals surface area contributed by atoms with Crippen LogP contribution in [-0.2, 0) is 62.4 Å². The predicted molar refractivity (Wildman–Crippen MR) is 255 cm³/mol. The lowest BCUT2D eigenvalue weighted by Gasteiger charge is -2.23. The van der Waals surface area contributed by atoms with Gasteiger partial charge >= 0.3 is 5.97 Å². The lowest BCUT2D eigenvalue weighted by molar-refractivity contribution is -0.144. The smallest absolute Gasteiger partial charge is 0.328 e. The fourth-order valence-electron chi connectivity index (χ4n) is 6.65. The van der Waals surface area contributed by atoms with E-state index in [0.717, 1.165) is 22.4 Å². The average Bonchev–Trinajstić information content (AvgIpc) is 3.28. The molecule has 64 heavy (non-hydrogen) atoms. The number of amides is 4. The largest absolute Gasteiger partial charge is 0.467 e. The van der Waals surface area contributed by atoms with Crippen LogP contribution in [0.15, 0.2) is 103 Å². The molecule has 4 N–H and O–H groups in total. The van der Waals surface area contributed by atoms with Crippen LogP contribution in [0.2, 0.25) is 0 Å². The van der Waals surface area contributed by atoms with E-state index in [1.165, 1.54) is 14.0 Å². The van der Waals surface area contributed by atoms with Gasteiger partial charge in [0.25, 0.3) is 0 Å². The van der Waals surface area contributed by atoms with Gasteiger partial charge in [-0.15, -0.1) is 0 Å². The van der Waals surface area contributed by atoms with E-state index in [4.69, 9.17) is 4.74 Å². The standard InChI is InChI=1S/C26H32N2O4S.C23H32N2O5S/c1-19(30)24(16-21-11-7-4-8-12-21)28-26(32)22(15-20-9-5-3-6-10-20)17-25(31)23(27-18-29)13-14-33-2;1-16(2)12-18(14-21(27)19(24-15-26)10-11-31-4)22(28)25-20(23(29)30-3)13-17-8-6-5-7-9-17/h3-12,18,22-24H,13-17H2,1-2H3,(H,27,29)(H,28,32);5-9,12,15-16,19-20H,10-11,13-14H2,1-4H3,(H,24,26)(H,25,28)/b;18-12-/t22-,23+,24+;19-,20-/m10/s1. The topological polar surface area (TPSA) is 194 Å². The normalized spacial score (nSPS) is 13.3. The maximum absolute atomic E-state index is 13.3. The second-order valence-corrected chi connectivity index (χ2v) is 17.4. The summed E-state index contributed by atoms with van der Waals surface area (Å²) in [6, 6.07) is 25.4. The Morgan fingerprint density at radius 3 is 1.50 bits per heavy atom. The first-order chi connectivity index (χ1) is 30.8. The molecule has 0 heterocycles. The first kappa shape index (κ1) is 54.6. The summed E-state index contributed by atoms with van der Waals surface area (Å²) in [6.45, 7) is 5.25. The number of hydrogen-bond donors (Lipinski definition) is 4. The molecule has 4 amide bonds. The molecule has 0 saturated heterocycles. The van der Waals surface area contributed by atoms with Crippen molar-refractivity contribution in [3.8, 4) is 0 Å². The van der Waals surface area contributed by atoms with Crippen molar-refractivity contribution in [2.75, 3.05) is 31.1 Å². The van der Waals surface area contributed by atoms with Gasteiger partial charge in [0.1, 0.15) is 6.04 Å². The monoisotopic (exact) mass is 916 g/mol. The molecule has 15 heteroatoms. The highest BCUT2D eigenvalue weighted by Crippen LogP contribution is 2.18. The highest BCUT2D eigenvalue weighted by Gasteiger charge is 2.30. The summed E-state index contributed by atoms with van der Waals surface area (Å²) in [5.74, 6) is -1.18. The second kappa shape index (κ2) is 31.3. The van der Waals surface area contributed by atoms with Gasteiger partial charge in [0.2, 0.25) is 24.6 Å². The number of carbonyl (C=O) groups excluding carboxylic acids is 8. The third-order valence-corrected chi connectivity index (χ3v) is 11.3. The number of Topliss-reactive ketones (excluding diaryl/α,β-unsaturated/α-hetero) is 3. The number of nitrogens with one attached hydrogen (secondary N) is 4. The van der Waals surface area contributed by atoms with Gasteiger partial charge < -0.3 is 26.0 Å². The Morgan fingerprint density at radius 2 is 1.08 bits per heavy atom. The number of benzene rings is 3. The molecular formula is C49H64N4O9S2. The number of carbonyl (C=O) groups is 8. The lowest BCUT2D eigenvalue weighted by atomic mass is 9.90. The SMILES string of the molecule is COC(=O)[C@H](Cc1ccccc1)NC(=O)/C(=C\C(C)C)CC(=O)[C@H](CCSC)NC=O.CSCC[C@H](NC=O)C(=O)C[C@@H](Cc1ccccc1)C(=O)N[C@@H](Cc1ccccc1)C(C)=O. The Bertz CT molecular complexity index is 1950. The predicted octanol–water partition coefficient (Wildman–Crippen LogP) is 5.28. The molecule has 5 atom stereocenters. The second-order valence-electron chi connectivity index (χ2n) is 15.5. The molecule has 0 radical (unpaired) electrons. The average molecular weight is 917 g/mol. The fourth-order valence-corrected chi connectivity index (χ4v) is 7.59. The van der Waals surface area contributed by atoms with Crippen LogP contribution >= 0.6 is 23.5 Å². The summed E-state index contributed by atoms with van der Waals surface area (Å²) >= 11 is 3.16.